The molecule has 1 fully saturated rings. The van der Waals surface area contributed by atoms with Crippen LogP contribution >= 0.6 is 11.6 Å². The van der Waals surface area contributed by atoms with Crippen molar-refractivity contribution in [3.05, 3.63) is 46.8 Å². The molecule has 3 aromatic rings. The minimum Gasteiger partial charge on any atom is -0.479 e. The number of nitrogens with one attached hydrogen (secondary N) is 1. The molecule has 0 spiro atoms. The van der Waals surface area contributed by atoms with E-state index >= 15 is 0 Å². The summed E-state index contributed by atoms with van der Waals surface area (Å²) in [6.45, 7) is 2.75. The molecule has 2 aromatic heterocycles. The molecule has 7 nitrogen and oxygen atoms in total. The van der Waals surface area contributed by atoms with Crippen molar-refractivity contribution in [1.82, 2.24) is 15.2 Å². The summed E-state index contributed by atoms with van der Waals surface area (Å²) in [5.74, 6) is 1.09. The number of amides is 1. The van der Waals surface area contributed by atoms with Gasteiger partial charge in [-0.25, -0.2) is 0 Å². The lowest BCUT2D eigenvalue weighted by atomic mass is 10.0. The van der Waals surface area contributed by atoms with E-state index in [1.54, 1.807) is 12.3 Å². The Bertz CT molecular complexity index is 1090. The lowest BCUT2D eigenvalue weighted by Crippen LogP contribution is -2.50. The molecular formula is C21H20ClN3O4. The van der Waals surface area contributed by atoms with Gasteiger partial charge in [-0.2, -0.15) is 0 Å². The molecule has 0 bridgehead atoms. The zero-order valence-corrected chi connectivity index (χ0v) is 16.4. The van der Waals surface area contributed by atoms with Gasteiger partial charge in [-0.15, -0.1) is 0 Å². The molecule has 2 N–H and O–H groups in total. The molecule has 150 valence electrons. The average Bonchev–Trinajstić information content (AvgIpc) is 3.36. The van der Waals surface area contributed by atoms with Crippen molar-refractivity contribution >= 4 is 28.6 Å². The number of hydrogen-bond acceptors (Lipinski definition) is 6. The number of piperazine rings is 1. The number of hydrogen-bond donors (Lipinski definition) is 2. The first-order valence-electron chi connectivity index (χ1n) is 9.61. The van der Waals surface area contributed by atoms with E-state index in [0.717, 1.165) is 29.8 Å². The monoisotopic (exact) mass is 413 g/mol. The topological polar surface area (TPSA) is 87.8 Å². The van der Waals surface area contributed by atoms with Crippen molar-refractivity contribution in [3.63, 3.8) is 0 Å². The maximum Gasteiger partial charge on any atom is 0.264 e. The van der Waals surface area contributed by atoms with Crippen molar-refractivity contribution in [1.29, 1.82) is 0 Å². The predicted octanol–water partition coefficient (Wildman–Crippen LogP) is 2.38. The van der Waals surface area contributed by atoms with E-state index in [2.05, 4.69) is 10.3 Å². The van der Waals surface area contributed by atoms with E-state index in [4.69, 9.17) is 20.8 Å². The summed E-state index contributed by atoms with van der Waals surface area (Å²) in [7, 11) is 0. The zero-order valence-electron chi connectivity index (χ0n) is 15.7. The van der Waals surface area contributed by atoms with Gasteiger partial charge < -0.3 is 24.5 Å². The largest absolute Gasteiger partial charge is 0.479 e. The molecule has 2 aliphatic heterocycles. The van der Waals surface area contributed by atoms with Gasteiger partial charge in [-0.1, -0.05) is 11.6 Å². The summed E-state index contributed by atoms with van der Waals surface area (Å²) in [4.78, 5) is 19.1. The third kappa shape index (κ3) is 3.25. The van der Waals surface area contributed by atoms with Crippen molar-refractivity contribution in [3.8, 4) is 16.9 Å². The summed E-state index contributed by atoms with van der Waals surface area (Å²) in [5, 5.41) is 13.2. The van der Waals surface area contributed by atoms with Crippen molar-refractivity contribution in [2.75, 3.05) is 26.2 Å². The Hall–Kier alpha value is -2.61. The molecule has 5 rings (SSSR count). The fourth-order valence-electron chi connectivity index (χ4n) is 4.03. The molecule has 29 heavy (non-hydrogen) atoms. The molecule has 0 saturated carbocycles. The Morgan fingerprint density at radius 3 is 2.90 bits per heavy atom. The van der Waals surface area contributed by atoms with E-state index in [0.29, 0.717) is 47.1 Å². The summed E-state index contributed by atoms with van der Waals surface area (Å²) in [6, 6.07) is 7.20. The van der Waals surface area contributed by atoms with Crippen LogP contribution in [0.3, 0.4) is 0 Å². The van der Waals surface area contributed by atoms with Crippen LogP contribution in [0.2, 0.25) is 5.02 Å². The molecule has 1 aromatic carbocycles. The number of aliphatic hydroxyl groups is 1. The second kappa shape index (κ2) is 7.33. The summed E-state index contributed by atoms with van der Waals surface area (Å²) < 4.78 is 11.9. The van der Waals surface area contributed by atoms with Crippen LogP contribution in [0.1, 0.15) is 11.3 Å². The molecule has 1 atom stereocenters. The first-order valence-corrected chi connectivity index (χ1v) is 9.99. The number of halogens is 1. The highest BCUT2D eigenvalue weighted by Crippen LogP contribution is 2.43. The van der Waals surface area contributed by atoms with Crippen LogP contribution in [-0.2, 0) is 17.8 Å². The van der Waals surface area contributed by atoms with Crippen LogP contribution in [0.25, 0.3) is 22.2 Å². The smallest absolute Gasteiger partial charge is 0.264 e. The van der Waals surface area contributed by atoms with Gasteiger partial charge in [0.1, 0.15) is 23.6 Å². The minimum absolute atomic E-state index is 0.00483. The highest BCUT2D eigenvalue weighted by Gasteiger charge is 2.35. The van der Waals surface area contributed by atoms with E-state index in [1.807, 2.05) is 23.1 Å². The third-order valence-corrected chi connectivity index (χ3v) is 5.63. The molecule has 0 radical (unpaired) electrons. The average molecular weight is 414 g/mol. The van der Waals surface area contributed by atoms with Crippen molar-refractivity contribution in [2.24, 2.45) is 0 Å². The number of aromatic nitrogens is 1. The Kier molecular flexibility index (Phi) is 4.66. The maximum absolute atomic E-state index is 12.9. The number of nitrogens with zero attached hydrogens (tertiary/aromatic N) is 2. The Labute approximate surface area is 172 Å². The van der Waals surface area contributed by atoms with Gasteiger partial charge in [0.2, 0.25) is 0 Å². The molecule has 4 heterocycles. The zero-order chi connectivity index (χ0) is 20.0. The Balaban J connectivity index is 1.54. The van der Waals surface area contributed by atoms with E-state index in [9.17, 15) is 9.90 Å². The lowest BCUT2D eigenvalue weighted by Gasteiger charge is -2.29. The standard InChI is InChI=1S/C21H20ClN3O4/c22-13-7-12-8-18(21(27)25-5-3-23-4-6-25)29-19(12)16(9-13)15-1-2-24-17-10-14(11-26)28-20(15)17/h1-2,7,9-10,18,23,26H,3-6,8,11H2/t18-/m1/s1. The fourth-order valence-corrected chi connectivity index (χ4v) is 4.27. The van der Waals surface area contributed by atoms with Crippen LogP contribution in [-0.4, -0.2) is 53.2 Å². The van der Waals surface area contributed by atoms with E-state index in [1.165, 1.54) is 0 Å². The second-order valence-electron chi connectivity index (χ2n) is 7.27. The number of fused-ring (bicyclic) bond motifs is 2. The molecule has 8 heteroatoms. The van der Waals surface area contributed by atoms with E-state index in [-0.39, 0.29) is 12.5 Å². The van der Waals surface area contributed by atoms with Gasteiger partial charge in [-0.3, -0.25) is 9.78 Å². The number of pyridine rings is 1. The minimum atomic E-state index is -0.553. The Morgan fingerprint density at radius 1 is 1.28 bits per heavy atom. The van der Waals surface area contributed by atoms with Crippen LogP contribution in [0.5, 0.6) is 5.75 Å². The first kappa shape index (κ1) is 18.4. The van der Waals surface area contributed by atoms with Crippen molar-refractivity contribution < 1.29 is 19.1 Å². The van der Waals surface area contributed by atoms with Crippen LogP contribution in [0, 0.1) is 0 Å². The Morgan fingerprint density at radius 2 is 2.10 bits per heavy atom. The van der Waals surface area contributed by atoms with Gasteiger partial charge in [0, 0.05) is 66.6 Å². The SMILES string of the molecule is O=C([C@H]1Cc2cc(Cl)cc(-c3ccnc4cc(CO)oc34)c2O1)N1CCNCC1. The number of carbonyl (C=O) groups excluding carboxylic acids is 1. The first-order chi connectivity index (χ1) is 14.1. The molecule has 0 unspecified atom stereocenters. The van der Waals surface area contributed by atoms with Crippen LogP contribution < -0.4 is 10.1 Å². The summed E-state index contributed by atoms with van der Waals surface area (Å²) in [5.41, 5.74) is 3.63. The number of carbonyl (C=O) groups is 1. The van der Waals surface area contributed by atoms with Gasteiger partial charge in [0.25, 0.3) is 5.91 Å². The molecule has 2 aliphatic rings. The molecule has 1 amide bonds. The van der Waals surface area contributed by atoms with Gasteiger partial charge in [0.15, 0.2) is 11.7 Å². The van der Waals surface area contributed by atoms with Gasteiger partial charge >= 0.3 is 0 Å². The number of ether oxygens (including phenoxy) is 1. The normalized spacial score (nSPS) is 18.7. The lowest BCUT2D eigenvalue weighted by molar-refractivity contribution is -0.138. The summed E-state index contributed by atoms with van der Waals surface area (Å²) >= 11 is 6.39. The maximum atomic E-state index is 12.9. The van der Waals surface area contributed by atoms with Gasteiger partial charge in [-0.05, 0) is 18.2 Å². The quantitative estimate of drug-likeness (QED) is 0.685. The fraction of sp³-hybridized carbons (Fsp3) is 0.333. The number of rotatable bonds is 3. The van der Waals surface area contributed by atoms with Gasteiger partial charge in [0.05, 0.1) is 0 Å². The molecule has 0 aliphatic carbocycles. The van der Waals surface area contributed by atoms with Crippen LogP contribution in [0.4, 0.5) is 0 Å². The summed E-state index contributed by atoms with van der Waals surface area (Å²) in [6.07, 6.45) is 1.61. The highest BCUT2D eigenvalue weighted by atomic mass is 35.5. The number of furan rings is 1. The second-order valence-corrected chi connectivity index (χ2v) is 7.71. The third-order valence-electron chi connectivity index (χ3n) is 5.41. The predicted molar refractivity (Wildman–Crippen MR) is 108 cm³/mol. The highest BCUT2D eigenvalue weighted by molar-refractivity contribution is 6.31. The number of benzene rings is 1. The molecule has 1 saturated heterocycles. The molecular weight excluding hydrogens is 394 g/mol. The van der Waals surface area contributed by atoms with Crippen molar-refractivity contribution in [2.45, 2.75) is 19.1 Å². The van der Waals surface area contributed by atoms with E-state index < -0.39 is 6.10 Å². The van der Waals surface area contributed by atoms with Crippen LogP contribution in [0.15, 0.2) is 34.9 Å². The number of aliphatic hydroxyl groups excluding tert-OH is 1.